The van der Waals surface area contributed by atoms with Gasteiger partial charge in [0.05, 0.1) is 36.1 Å². The van der Waals surface area contributed by atoms with Crippen LogP contribution in [0.3, 0.4) is 0 Å². The van der Waals surface area contributed by atoms with Crippen LogP contribution in [0.1, 0.15) is 12.2 Å². The number of carbonyl (C=O) groups is 2. The Labute approximate surface area is 179 Å². The molecule has 2 aromatic heterocycles. The van der Waals surface area contributed by atoms with Crippen LogP contribution in [-0.4, -0.2) is 66.9 Å². The molecule has 0 aliphatic carbocycles. The maximum absolute atomic E-state index is 12.8. The van der Waals surface area contributed by atoms with E-state index in [-0.39, 0.29) is 24.9 Å². The van der Waals surface area contributed by atoms with E-state index >= 15 is 0 Å². The van der Waals surface area contributed by atoms with Crippen molar-refractivity contribution >= 4 is 28.7 Å². The molecule has 0 spiro atoms. The summed E-state index contributed by atoms with van der Waals surface area (Å²) in [4.78, 5) is 31.5. The van der Waals surface area contributed by atoms with E-state index in [4.69, 9.17) is 0 Å². The second-order valence-electron chi connectivity index (χ2n) is 7.91. The Morgan fingerprint density at radius 2 is 2.03 bits per heavy atom. The largest absolute Gasteiger partial charge is 0.392 e. The molecule has 1 fully saturated rings. The molecule has 10 heteroatoms. The molecule has 0 unspecified atom stereocenters. The molecule has 0 radical (unpaired) electrons. The zero-order chi connectivity index (χ0) is 22.0. The van der Waals surface area contributed by atoms with Crippen molar-refractivity contribution in [3.8, 4) is 0 Å². The number of para-hydroxylation sites is 2. The molecule has 0 saturated carbocycles. The van der Waals surface area contributed by atoms with Crippen LogP contribution < -0.4 is 10.6 Å². The summed E-state index contributed by atoms with van der Waals surface area (Å²) in [5.74, 6) is 0.183. The number of hydrogen-bond acceptors (Lipinski definition) is 6. The van der Waals surface area contributed by atoms with Crippen molar-refractivity contribution in [2.24, 2.45) is 20.0 Å². The molecule has 164 valence electrons. The van der Waals surface area contributed by atoms with Crippen molar-refractivity contribution in [1.29, 1.82) is 0 Å². The Balaban J connectivity index is 1.33. The van der Waals surface area contributed by atoms with Crippen molar-refractivity contribution < 1.29 is 14.7 Å². The van der Waals surface area contributed by atoms with E-state index in [0.717, 1.165) is 16.9 Å². The Morgan fingerprint density at radius 3 is 2.77 bits per heavy atom. The number of anilines is 1. The highest BCUT2D eigenvalue weighted by atomic mass is 16.3. The second kappa shape index (κ2) is 8.86. The van der Waals surface area contributed by atoms with E-state index in [1.807, 2.05) is 40.8 Å². The summed E-state index contributed by atoms with van der Waals surface area (Å²) in [6.07, 6.45) is 1.44. The average Bonchev–Trinajstić information content (AvgIpc) is 3.30. The van der Waals surface area contributed by atoms with Gasteiger partial charge in [0.15, 0.2) is 5.82 Å². The van der Waals surface area contributed by atoms with Crippen LogP contribution in [0.2, 0.25) is 0 Å². The number of rotatable bonds is 6. The van der Waals surface area contributed by atoms with Gasteiger partial charge in [-0.3, -0.25) is 19.2 Å². The third-order valence-corrected chi connectivity index (χ3v) is 5.65. The normalized spacial score (nSPS) is 19.5. The number of nitrogens with zero attached hydrogens (tertiary/aromatic N) is 5. The Morgan fingerprint density at radius 1 is 1.23 bits per heavy atom. The Bertz CT molecular complexity index is 1090. The molecule has 3 heterocycles. The first kappa shape index (κ1) is 21.0. The SMILES string of the molecule is Cn1ccc(NC(=O)CN2CC[C@@H](O)[C@@H](C(=O)NCc3nc4ccccc4n3C)C2)n1. The minimum Gasteiger partial charge on any atom is -0.392 e. The molecule has 2 atom stereocenters. The monoisotopic (exact) mass is 425 g/mol. The summed E-state index contributed by atoms with van der Waals surface area (Å²) in [6, 6.07) is 9.50. The van der Waals surface area contributed by atoms with Crippen LogP contribution in [0.15, 0.2) is 36.5 Å². The van der Waals surface area contributed by atoms with E-state index in [0.29, 0.717) is 25.3 Å². The first-order valence-electron chi connectivity index (χ1n) is 10.3. The lowest BCUT2D eigenvalue weighted by atomic mass is 9.93. The number of likely N-dealkylation sites (tertiary alicyclic amines) is 1. The fraction of sp³-hybridized carbons (Fsp3) is 0.429. The summed E-state index contributed by atoms with van der Waals surface area (Å²) < 4.78 is 3.55. The molecule has 0 bridgehead atoms. The molecule has 3 aromatic rings. The first-order valence-corrected chi connectivity index (χ1v) is 10.3. The maximum atomic E-state index is 12.8. The molecular formula is C21H27N7O3. The summed E-state index contributed by atoms with van der Waals surface area (Å²) >= 11 is 0. The number of aliphatic hydroxyl groups is 1. The molecule has 4 rings (SSSR count). The van der Waals surface area contributed by atoms with Crippen LogP contribution in [-0.2, 0) is 30.2 Å². The van der Waals surface area contributed by atoms with Crippen LogP contribution >= 0.6 is 0 Å². The van der Waals surface area contributed by atoms with E-state index < -0.39 is 12.0 Å². The molecule has 1 saturated heterocycles. The van der Waals surface area contributed by atoms with E-state index in [9.17, 15) is 14.7 Å². The highest BCUT2D eigenvalue weighted by Crippen LogP contribution is 2.19. The zero-order valence-electron chi connectivity index (χ0n) is 17.7. The minimum atomic E-state index is -0.740. The van der Waals surface area contributed by atoms with Gasteiger partial charge < -0.3 is 20.3 Å². The van der Waals surface area contributed by atoms with Gasteiger partial charge in [0.25, 0.3) is 0 Å². The van der Waals surface area contributed by atoms with Crippen molar-refractivity contribution in [2.45, 2.75) is 19.1 Å². The summed E-state index contributed by atoms with van der Waals surface area (Å²) in [5.41, 5.74) is 1.87. The molecule has 31 heavy (non-hydrogen) atoms. The van der Waals surface area contributed by atoms with Gasteiger partial charge in [-0.15, -0.1) is 0 Å². The van der Waals surface area contributed by atoms with Crippen molar-refractivity contribution in [3.05, 3.63) is 42.4 Å². The van der Waals surface area contributed by atoms with Gasteiger partial charge in [-0.2, -0.15) is 5.10 Å². The van der Waals surface area contributed by atoms with E-state index in [1.165, 1.54) is 0 Å². The zero-order valence-corrected chi connectivity index (χ0v) is 17.7. The first-order chi connectivity index (χ1) is 14.9. The molecule has 3 N–H and O–H groups in total. The average molecular weight is 425 g/mol. The van der Waals surface area contributed by atoms with Gasteiger partial charge in [0.1, 0.15) is 5.82 Å². The predicted molar refractivity (Wildman–Crippen MR) is 115 cm³/mol. The molecular weight excluding hydrogens is 398 g/mol. The van der Waals surface area contributed by atoms with Crippen LogP contribution in [0.25, 0.3) is 11.0 Å². The highest BCUT2D eigenvalue weighted by Gasteiger charge is 2.33. The third kappa shape index (κ3) is 4.75. The van der Waals surface area contributed by atoms with Gasteiger partial charge in [-0.05, 0) is 18.6 Å². The fourth-order valence-corrected chi connectivity index (χ4v) is 3.93. The van der Waals surface area contributed by atoms with Crippen molar-refractivity contribution in [1.82, 2.24) is 29.5 Å². The number of aliphatic hydroxyl groups excluding tert-OH is 1. The number of benzene rings is 1. The predicted octanol–water partition coefficient (Wildman–Crippen LogP) is 0.245. The number of piperidine rings is 1. The number of imidazole rings is 1. The number of carbonyl (C=O) groups excluding carboxylic acids is 2. The fourth-order valence-electron chi connectivity index (χ4n) is 3.93. The minimum absolute atomic E-state index is 0.137. The van der Waals surface area contributed by atoms with Crippen LogP contribution in [0.4, 0.5) is 5.82 Å². The van der Waals surface area contributed by atoms with E-state index in [1.54, 1.807) is 24.0 Å². The molecule has 1 aliphatic rings. The number of hydrogen-bond donors (Lipinski definition) is 3. The lowest BCUT2D eigenvalue weighted by Crippen LogP contribution is -2.51. The number of nitrogens with one attached hydrogen (secondary N) is 2. The summed E-state index contributed by atoms with van der Waals surface area (Å²) in [7, 11) is 3.69. The molecule has 2 amide bonds. The quantitative estimate of drug-likeness (QED) is 0.521. The van der Waals surface area contributed by atoms with Gasteiger partial charge in [0.2, 0.25) is 11.8 Å². The van der Waals surface area contributed by atoms with Gasteiger partial charge in [-0.1, -0.05) is 12.1 Å². The number of fused-ring (bicyclic) bond motifs is 1. The topological polar surface area (TPSA) is 117 Å². The molecule has 10 nitrogen and oxygen atoms in total. The van der Waals surface area contributed by atoms with Crippen molar-refractivity contribution in [3.63, 3.8) is 0 Å². The lowest BCUT2D eigenvalue weighted by Gasteiger charge is -2.34. The number of amides is 2. The molecule has 1 aliphatic heterocycles. The number of aromatic nitrogens is 4. The van der Waals surface area contributed by atoms with E-state index in [2.05, 4.69) is 20.7 Å². The maximum Gasteiger partial charge on any atom is 0.239 e. The van der Waals surface area contributed by atoms with Gasteiger partial charge in [0, 0.05) is 39.4 Å². The Kier molecular flexibility index (Phi) is 6.01. The number of aryl methyl sites for hydroxylation is 2. The Hall–Kier alpha value is -3.24. The van der Waals surface area contributed by atoms with Crippen molar-refractivity contribution in [2.75, 3.05) is 25.0 Å². The van der Waals surface area contributed by atoms with Gasteiger partial charge >= 0.3 is 0 Å². The lowest BCUT2D eigenvalue weighted by molar-refractivity contribution is -0.133. The smallest absolute Gasteiger partial charge is 0.239 e. The summed E-state index contributed by atoms with van der Waals surface area (Å²) in [5, 5.41) is 20.1. The van der Waals surface area contributed by atoms with Gasteiger partial charge in [-0.25, -0.2) is 4.98 Å². The summed E-state index contributed by atoms with van der Waals surface area (Å²) in [6.45, 7) is 1.27. The third-order valence-electron chi connectivity index (χ3n) is 5.65. The highest BCUT2D eigenvalue weighted by molar-refractivity contribution is 5.91. The van der Waals surface area contributed by atoms with Crippen LogP contribution in [0.5, 0.6) is 0 Å². The molecule has 1 aromatic carbocycles. The standard InChI is InChI=1S/C21H27N7O3/c1-26-9-8-18(25-26)24-20(30)13-28-10-7-17(29)14(12-28)21(31)22-11-19-23-15-5-3-4-6-16(15)27(19)2/h3-6,8-9,14,17,29H,7,10-13H2,1-2H3,(H,22,31)(H,24,25,30)/t14-,17+/m0/s1. The van der Waals surface area contributed by atoms with Crippen LogP contribution in [0, 0.1) is 5.92 Å². The second-order valence-corrected chi connectivity index (χ2v) is 7.91.